The van der Waals surface area contributed by atoms with E-state index in [1.54, 1.807) is 23.3 Å². The van der Waals surface area contributed by atoms with Gasteiger partial charge in [0, 0.05) is 25.5 Å². The molecule has 2 fully saturated rings. The first-order chi connectivity index (χ1) is 8.34. The van der Waals surface area contributed by atoms with E-state index >= 15 is 0 Å². The number of imidazole rings is 1. The van der Waals surface area contributed by atoms with Crippen molar-refractivity contribution in [3.05, 3.63) is 18.7 Å². The van der Waals surface area contributed by atoms with Crippen molar-refractivity contribution in [3.63, 3.8) is 0 Å². The van der Waals surface area contributed by atoms with Crippen LogP contribution < -0.4 is 0 Å². The standard InChI is InChI=1S/C13H19N3O/c17-13(16-8-6-14-10-16)15-7-5-11-3-1-2-4-12(11)9-15/h6,8,10-12H,1-5,7,9H2. The van der Waals surface area contributed by atoms with Gasteiger partial charge in [0.2, 0.25) is 0 Å². The molecule has 1 saturated heterocycles. The number of carbonyl (C=O) groups is 1. The van der Waals surface area contributed by atoms with Crippen LogP contribution in [0.2, 0.25) is 0 Å². The molecule has 1 aromatic rings. The van der Waals surface area contributed by atoms with Gasteiger partial charge < -0.3 is 4.90 Å². The number of aromatic nitrogens is 2. The van der Waals surface area contributed by atoms with Crippen molar-refractivity contribution in [2.24, 2.45) is 11.8 Å². The number of rotatable bonds is 0. The molecule has 17 heavy (non-hydrogen) atoms. The van der Waals surface area contributed by atoms with Gasteiger partial charge in [0.05, 0.1) is 0 Å². The fourth-order valence-corrected chi connectivity index (χ4v) is 3.31. The Morgan fingerprint density at radius 2 is 2.00 bits per heavy atom. The van der Waals surface area contributed by atoms with Crippen molar-refractivity contribution in [1.29, 1.82) is 0 Å². The lowest BCUT2D eigenvalue weighted by Crippen LogP contribution is -2.46. The number of hydrogen-bond acceptors (Lipinski definition) is 2. The molecule has 3 rings (SSSR count). The summed E-state index contributed by atoms with van der Waals surface area (Å²) in [6.07, 6.45) is 11.6. The van der Waals surface area contributed by atoms with Gasteiger partial charge in [-0.15, -0.1) is 0 Å². The average molecular weight is 233 g/mol. The molecule has 2 atom stereocenters. The van der Waals surface area contributed by atoms with Gasteiger partial charge >= 0.3 is 6.03 Å². The highest BCUT2D eigenvalue weighted by Crippen LogP contribution is 2.36. The monoisotopic (exact) mass is 233 g/mol. The van der Waals surface area contributed by atoms with Gasteiger partial charge in [-0.2, -0.15) is 0 Å². The molecule has 0 N–H and O–H groups in total. The van der Waals surface area contributed by atoms with Crippen LogP contribution in [0.25, 0.3) is 0 Å². The fourth-order valence-electron chi connectivity index (χ4n) is 3.31. The Hall–Kier alpha value is -1.32. The van der Waals surface area contributed by atoms with E-state index in [2.05, 4.69) is 4.98 Å². The Morgan fingerprint density at radius 1 is 1.18 bits per heavy atom. The molecule has 1 amide bonds. The third-order valence-corrected chi connectivity index (χ3v) is 4.29. The predicted molar refractivity (Wildman–Crippen MR) is 64.7 cm³/mol. The van der Waals surface area contributed by atoms with Crippen LogP contribution in [-0.4, -0.2) is 33.6 Å². The normalized spacial score (nSPS) is 28.8. The minimum Gasteiger partial charge on any atom is -0.324 e. The quantitative estimate of drug-likeness (QED) is 0.690. The van der Waals surface area contributed by atoms with Crippen LogP contribution in [-0.2, 0) is 0 Å². The summed E-state index contributed by atoms with van der Waals surface area (Å²) in [5, 5.41) is 0. The summed E-state index contributed by atoms with van der Waals surface area (Å²) in [7, 11) is 0. The zero-order chi connectivity index (χ0) is 11.7. The minimum absolute atomic E-state index is 0.0894. The summed E-state index contributed by atoms with van der Waals surface area (Å²) in [5.74, 6) is 1.61. The Bertz CT molecular complexity index is 387. The second kappa shape index (κ2) is 4.51. The van der Waals surface area contributed by atoms with Gasteiger partial charge in [-0.1, -0.05) is 19.3 Å². The summed E-state index contributed by atoms with van der Waals surface area (Å²) in [6.45, 7) is 1.86. The molecular weight excluding hydrogens is 214 g/mol. The van der Waals surface area contributed by atoms with E-state index in [4.69, 9.17) is 0 Å². The first kappa shape index (κ1) is 10.8. The SMILES string of the molecule is O=C(N1CCC2CCCCC2C1)n1ccnc1. The lowest BCUT2D eigenvalue weighted by Gasteiger charge is -2.41. The van der Waals surface area contributed by atoms with Crippen molar-refractivity contribution >= 4 is 6.03 Å². The summed E-state index contributed by atoms with van der Waals surface area (Å²) in [4.78, 5) is 18.1. The lowest BCUT2D eigenvalue weighted by molar-refractivity contribution is 0.103. The Balaban J connectivity index is 1.67. The van der Waals surface area contributed by atoms with Gasteiger partial charge in [0.1, 0.15) is 6.33 Å². The maximum atomic E-state index is 12.2. The van der Waals surface area contributed by atoms with Crippen molar-refractivity contribution in [2.75, 3.05) is 13.1 Å². The smallest absolute Gasteiger partial charge is 0.324 e. The van der Waals surface area contributed by atoms with Crippen LogP contribution in [0.4, 0.5) is 4.79 Å². The maximum absolute atomic E-state index is 12.2. The van der Waals surface area contributed by atoms with Crippen molar-refractivity contribution < 1.29 is 4.79 Å². The number of hydrogen-bond donors (Lipinski definition) is 0. The number of piperidine rings is 1. The molecule has 0 aromatic carbocycles. The maximum Gasteiger partial charge on any atom is 0.329 e. The van der Waals surface area contributed by atoms with Gasteiger partial charge in [-0.25, -0.2) is 9.78 Å². The summed E-state index contributed by atoms with van der Waals surface area (Å²) in [6, 6.07) is 0.0894. The molecule has 0 radical (unpaired) electrons. The van der Waals surface area contributed by atoms with E-state index in [9.17, 15) is 4.79 Å². The van der Waals surface area contributed by atoms with E-state index in [1.165, 1.54) is 32.1 Å². The Kier molecular flexibility index (Phi) is 2.87. The van der Waals surface area contributed by atoms with Crippen LogP contribution >= 0.6 is 0 Å². The topological polar surface area (TPSA) is 38.1 Å². The van der Waals surface area contributed by atoms with Crippen molar-refractivity contribution in [2.45, 2.75) is 32.1 Å². The molecule has 2 heterocycles. The zero-order valence-electron chi connectivity index (χ0n) is 10.1. The molecule has 2 aliphatic rings. The summed E-state index contributed by atoms with van der Waals surface area (Å²) < 4.78 is 1.59. The van der Waals surface area contributed by atoms with E-state index < -0.39 is 0 Å². The fraction of sp³-hybridized carbons (Fsp3) is 0.692. The highest BCUT2D eigenvalue weighted by atomic mass is 16.2. The first-order valence-electron chi connectivity index (χ1n) is 6.62. The van der Waals surface area contributed by atoms with Gasteiger partial charge in [0.15, 0.2) is 0 Å². The van der Waals surface area contributed by atoms with Crippen molar-refractivity contribution in [3.8, 4) is 0 Å². The molecule has 2 unspecified atom stereocenters. The van der Waals surface area contributed by atoms with E-state index in [0.717, 1.165) is 24.9 Å². The number of likely N-dealkylation sites (tertiary alicyclic amines) is 1. The number of nitrogens with zero attached hydrogens (tertiary/aromatic N) is 3. The van der Waals surface area contributed by atoms with E-state index in [-0.39, 0.29) is 6.03 Å². The molecule has 4 heteroatoms. The molecule has 0 spiro atoms. The molecule has 1 aromatic heterocycles. The van der Waals surface area contributed by atoms with Crippen LogP contribution in [0.15, 0.2) is 18.7 Å². The summed E-state index contributed by atoms with van der Waals surface area (Å²) in [5.41, 5.74) is 0. The lowest BCUT2D eigenvalue weighted by atomic mass is 9.75. The molecular formula is C13H19N3O. The van der Waals surface area contributed by atoms with Gasteiger partial charge in [0.25, 0.3) is 0 Å². The van der Waals surface area contributed by atoms with Crippen molar-refractivity contribution in [1.82, 2.24) is 14.5 Å². The minimum atomic E-state index is 0.0894. The molecule has 1 saturated carbocycles. The summed E-state index contributed by atoms with van der Waals surface area (Å²) >= 11 is 0. The van der Waals surface area contributed by atoms with Crippen LogP contribution in [0.3, 0.4) is 0 Å². The van der Waals surface area contributed by atoms with Crippen LogP contribution in [0.5, 0.6) is 0 Å². The predicted octanol–water partition coefficient (Wildman–Crippen LogP) is 2.36. The molecule has 92 valence electrons. The van der Waals surface area contributed by atoms with Gasteiger partial charge in [-0.05, 0) is 24.7 Å². The van der Waals surface area contributed by atoms with Crippen LogP contribution in [0.1, 0.15) is 32.1 Å². The number of fused-ring (bicyclic) bond motifs is 1. The van der Waals surface area contributed by atoms with Crippen LogP contribution in [0, 0.1) is 11.8 Å². The van der Waals surface area contributed by atoms with Gasteiger partial charge in [-0.3, -0.25) is 4.57 Å². The highest BCUT2D eigenvalue weighted by Gasteiger charge is 2.33. The number of carbonyl (C=O) groups excluding carboxylic acids is 1. The Morgan fingerprint density at radius 3 is 2.76 bits per heavy atom. The molecule has 0 bridgehead atoms. The van der Waals surface area contributed by atoms with E-state index in [1.807, 2.05) is 4.90 Å². The molecule has 1 aliphatic heterocycles. The third-order valence-electron chi connectivity index (χ3n) is 4.29. The zero-order valence-corrected chi connectivity index (χ0v) is 10.1. The average Bonchev–Trinajstić information content (AvgIpc) is 2.91. The second-order valence-electron chi connectivity index (χ2n) is 5.29. The molecule has 1 aliphatic carbocycles. The largest absolute Gasteiger partial charge is 0.329 e. The number of amides is 1. The highest BCUT2D eigenvalue weighted by molar-refractivity contribution is 5.76. The molecule has 4 nitrogen and oxygen atoms in total. The third kappa shape index (κ3) is 2.08. The second-order valence-corrected chi connectivity index (χ2v) is 5.29. The van der Waals surface area contributed by atoms with E-state index in [0.29, 0.717) is 0 Å². The first-order valence-corrected chi connectivity index (χ1v) is 6.62. The Labute approximate surface area is 102 Å².